The van der Waals surface area contributed by atoms with Crippen molar-refractivity contribution in [2.45, 2.75) is 20.5 Å². The van der Waals surface area contributed by atoms with Gasteiger partial charge in [0, 0.05) is 13.8 Å². The molecule has 0 aliphatic rings. The number of rotatable bonds is 2. The van der Waals surface area contributed by atoms with Crippen LogP contribution >= 0.6 is 0 Å². The van der Waals surface area contributed by atoms with Gasteiger partial charge >= 0.3 is 5.88 Å². The summed E-state index contributed by atoms with van der Waals surface area (Å²) >= 11 is 0. The Labute approximate surface area is 101 Å². The summed E-state index contributed by atoms with van der Waals surface area (Å²) in [5.74, 6) is -1.81. The smallest absolute Gasteiger partial charge is 0.433 e. The zero-order valence-electron chi connectivity index (χ0n) is 9.69. The highest BCUT2D eigenvalue weighted by molar-refractivity contribution is 5.63. The molecule has 1 heterocycles. The lowest BCUT2D eigenvalue weighted by Gasteiger charge is -1.83. The third-order valence-electron chi connectivity index (χ3n) is 0.983. The van der Waals surface area contributed by atoms with Crippen molar-refractivity contribution < 1.29 is 34.2 Å². The van der Waals surface area contributed by atoms with Gasteiger partial charge in [-0.2, -0.15) is 0 Å². The van der Waals surface area contributed by atoms with E-state index in [9.17, 15) is 10.1 Å². The monoisotopic (exact) mass is 263 g/mol. The Hall–Kier alpha value is -2.42. The van der Waals surface area contributed by atoms with Gasteiger partial charge in [-0.25, -0.2) is 0 Å². The number of nitro groups is 1. The van der Waals surface area contributed by atoms with Crippen LogP contribution in [0.4, 0.5) is 5.88 Å². The molecule has 0 unspecified atom stereocenters. The second-order valence-corrected chi connectivity index (χ2v) is 2.69. The van der Waals surface area contributed by atoms with Crippen LogP contribution in [0.15, 0.2) is 16.5 Å². The van der Waals surface area contributed by atoms with E-state index in [1.165, 1.54) is 12.1 Å². The Morgan fingerprint density at radius 3 is 1.83 bits per heavy atom. The predicted octanol–water partition coefficient (Wildman–Crippen LogP) is 0.862. The van der Waals surface area contributed by atoms with Crippen molar-refractivity contribution in [1.29, 1.82) is 0 Å². The van der Waals surface area contributed by atoms with E-state index in [-0.39, 0.29) is 18.3 Å². The Balaban J connectivity index is 0. The normalized spacial score (nSPS) is 8.17. The molecule has 0 saturated carbocycles. The topological polar surface area (TPSA) is 151 Å². The number of hydrogen-bond acceptors (Lipinski definition) is 6. The fourth-order valence-corrected chi connectivity index (χ4v) is 0.550. The minimum atomic E-state index is -0.833. The van der Waals surface area contributed by atoms with Gasteiger partial charge in [-0.1, -0.05) is 0 Å². The summed E-state index contributed by atoms with van der Waals surface area (Å²) < 4.78 is 4.55. The third kappa shape index (κ3) is 13.6. The molecule has 0 saturated heterocycles. The summed E-state index contributed by atoms with van der Waals surface area (Å²) in [6.45, 7) is 1.86. The maximum atomic E-state index is 9.96. The predicted molar refractivity (Wildman–Crippen MR) is 57.9 cm³/mol. The van der Waals surface area contributed by atoms with Gasteiger partial charge in [0.2, 0.25) is 0 Å². The number of hydrogen-bond donors (Lipinski definition) is 3. The van der Waals surface area contributed by atoms with Crippen molar-refractivity contribution in [2.75, 3.05) is 0 Å². The number of aliphatic hydroxyl groups is 1. The Kier molecular flexibility index (Phi) is 9.76. The van der Waals surface area contributed by atoms with E-state index < -0.39 is 16.9 Å². The fraction of sp³-hybridized carbons (Fsp3) is 0.333. The van der Waals surface area contributed by atoms with Gasteiger partial charge in [-0.15, -0.1) is 0 Å². The molecule has 0 atom stereocenters. The quantitative estimate of drug-likeness (QED) is 0.524. The van der Waals surface area contributed by atoms with Crippen LogP contribution < -0.4 is 0 Å². The molecule has 0 aliphatic heterocycles. The highest BCUT2D eigenvalue weighted by Crippen LogP contribution is 2.14. The van der Waals surface area contributed by atoms with Crippen LogP contribution in [0.5, 0.6) is 0 Å². The number of nitrogens with zero attached hydrogens (tertiary/aromatic N) is 1. The minimum Gasteiger partial charge on any atom is -0.481 e. The van der Waals surface area contributed by atoms with Crippen molar-refractivity contribution in [1.82, 2.24) is 0 Å². The molecule has 0 aromatic carbocycles. The number of aliphatic hydroxyl groups excluding tert-OH is 1. The Bertz CT molecular complexity index is 377. The molecule has 9 nitrogen and oxygen atoms in total. The molecular formula is C9H13NO8. The van der Waals surface area contributed by atoms with Crippen LogP contribution in [0.25, 0.3) is 0 Å². The number of furan rings is 1. The molecule has 102 valence electrons. The van der Waals surface area contributed by atoms with Crippen molar-refractivity contribution in [3.05, 3.63) is 28.0 Å². The molecule has 1 aromatic rings. The molecule has 0 radical (unpaired) electrons. The van der Waals surface area contributed by atoms with E-state index in [0.717, 1.165) is 13.8 Å². The average Bonchev–Trinajstić information content (AvgIpc) is 2.63. The van der Waals surface area contributed by atoms with Gasteiger partial charge < -0.3 is 19.7 Å². The molecule has 0 fully saturated rings. The van der Waals surface area contributed by atoms with Crippen LogP contribution in [-0.4, -0.2) is 32.2 Å². The summed E-state index contributed by atoms with van der Waals surface area (Å²) in [5.41, 5.74) is 0. The van der Waals surface area contributed by atoms with Crippen LogP contribution in [-0.2, 0) is 16.2 Å². The molecule has 0 aliphatic carbocycles. The van der Waals surface area contributed by atoms with Crippen LogP contribution in [0.1, 0.15) is 19.6 Å². The van der Waals surface area contributed by atoms with E-state index >= 15 is 0 Å². The summed E-state index contributed by atoms with van der Waals surface area (Å²) in [7, 11) is 0. The first kappa shape index (κ1) is 18.0. The highest BCUT2D eigenvalue weighted by Gasteiger charge is 2.09. The maximum Gasteiger partial charge on any atom is 0.433 e. The zero-order valence-corrected chi connectivity index (χ0v) is 9.69. The van der Waals surface area contributed by atoms with E-state index in [1.54, 1.807) is 0 Å². The first-order valence-corrected chi connectivity index (χ1v) is 4.43. The first-order valence-electron chi connectivity index (χ1n) is 4.43. The molecule has 0 spiro atoms. The second kappa shape index (κ2) is 9.78. The Morgan fingerprint density at radius 1 is 1.28 bits per heavy atom. The second-order valence-electron chi connectivity index (χ2n) is 2.69. The van der Waals surface area contributed by atoms with Gasteiger partial charge in [0.15, 0.2) is 0 Å². The first-order chi connectivity index (χ1) is 8.20. The third-order valence-corrected chi connectivity index (χ3v) is 0.983. The van der Waals surface area contributed by atoms with Gasteiger partial charge in [0.05, 0.1) is 6.07 Å². The maximum absolute atomic E-state index is 9.96. The lowest BCUT2D eigenvalue weighted by atomic mass is 10.5. The van der Waals surface area contributed by atoms with Gasteiger partial charge in [0.25, 0.3) is 11.9 Å². The van der Waals surface area contributed by atoms with Gasteiger partial charge in [-0.05, 0) is 6.07 Å². The fourth-order valence-electron chi connectivity index (χ4n) is 0.550. The van der Waals surface area contributed by atoms with Crippen LogP contribution in [0.3, 0.4) is 0 Å². The molecule has 3 N–H and O–H groups in total. The summed E-state index contributed by atoms with van der Waals surface area (Å²) in [6.07, 6.45) is 0. The SMILES string of the molecule is CC(=O)O.CC(=O)O.O=[N+]([O-])c1ccc(CO)o1. The van der Waals surface area contributed by atoms with Crippen LogP contribution in [0, 0.1) is 10.1 Å². The number of carboxylic acid groups (broad SMARTS) is 2. The molecular weight excluding hydrogens is 250 g/mol. The van der Waals surface area contributed by atoms with Crippen molar-refractivity contribution >= 4 is 17.8 Å². The van der Waals surface area contributed by atoms with E-state index in [2.05, 4.69) is 4.42 Å². The van der Waals surface area contributed by atoms with E-state index in [1.807, 2.05) is 0 Å². The van der Waals surface area contributed by atoms with E-state index in [0.29, 0.717) is 0 Å². The number of carbonyl (C=O) groups is 2. The highest BCUT2D eigenvalue weighted by atomic mass is 16.6. The summed E-state index contributed by atoms with van der Waals surface area (Å²) in [5, 5.41) is 33.2. The van der Waals surface area contributed by atoms with E-state index in [4.69, 9.17) is 24.9 Å². The van der Waals surface area contributed by atoms with Crippen LogP contribution in [0.2, 0.25) is 0 Å². The minimum absolute atomic E-state index is 0.201. The van der Waals surface area contributed by atoms with Gasteiger partial charge in [-0.3, -0.25) is 19.7 Å². The molecule has 1 aromatic heterocycles. The lowest BCUT2D eigenvalue weighted by Crippen LogP contribution is -1.83. The molecule has 0 amide bonds. The van der Waals surface area contributed by atoms with Crippen molar-refractivity contribution in [2.24, 2.45) is 0 Å². The molecule has 1 rings (SSSR count). The summed E-state index contributed by atoms with van der Waals surface area (Å²) in [6, 6.07) is 2.56. The average molecular weight is 263 g/mol. The number of carboxylic acids is 2. The summed E-state index contributed by atoms with van der Waals surface area (Å²) in [4.78, 5) is 27.3. The molecule has 9 heteroatoms. The molecule has 0 bridgehead atoms. The lowest BCUT2D eigenvalue weighted by molar-refractivity contribution is -0.402. The standard InChI is InChI=1S/C5H5NO4.2C2H4O2/c7-3-4-1-2-5(10-4)6(8)9;2*1-2(3)4/h1-2,7H,3H2;2*1H3,(H,3,4). The Morgan fingerprint density at radius 2 is 1.67 bits per heavy atom. The number of aliphatic carboxylic acids is 2. The largest absolute Gasteiger partial charge is 0.481 e. The molecule has 18 heavy (non-hydrogen) atoms. The zero-order chi connectivity index (χ0) is 14.7. The van der Waals surface area contributed by atoms with Crippen molar-refractivity contribution in [3.63, 3.8) is 0 Å². The van der Waals surface area contributed by atoms with Crippen molar-refractivity contribution in [3.8, 4) is 0 Å². The van der Waals surface area contributed by atoms with Gasteiger partial charge in [0.1, 0.15) is 17.3 Å².